The van der Waals surface area contributed by atoms with E-state index in [4.69, 9.17) is 9.47 Å². The van der Waals surface area contributed by atoms with E-state index in [-0.39, 0.29) is 17.5 Å². The van der Waals surface area contributed by atoms with E-state index in [0.717, 1.165) is 43.2 Å². The van der Waals surface area contributed by atoms with Crippen LogP contribution in [0.25, 0.3) is 0 Å². The highest BCUT2D eigenvalue weighted by atomic mass is 19.1. The van der Waals surface area contributed by atoms with Crippen LogP contribution in [0.5, 0.6) is 11.5 Å². The summed E-state index contributed by atoms with van der Waals surface area (Å²) in [6, 6.07) is 11.7. The van der Waals surface area contributed by atoms with Gasteiger partial charge >= 0.3 is 6.09 Å². The second-order valence-electron chi connectivity index (χ2n) is 9.62. The normalized spacial score (nSPS) is 14.3. The average Bonchev–Trinajstić information content (AvgIpc) is 2.91. The lowest BCUT2D eigenvalue weighted by molar-refractivity contribution is 0.0965. The summed E-state index contributed by atoms with van der Waals surface area (Å²) < 4.78 is 25.9. The van der Waals surface area contributed by atoms with Gasteiger partial charge in [-0.1, -0.05) is 6.07 Å². The predicted molar refractivity (Wildman–Crippen MR) is 148 cm³/mol. The lowest BCUT2D eigenvalue weighted by atomic mass is 10.2. The molecule has 208 valence electrons. The minimum absolute atomic E-state index is 0.108. The van der Waals surface area contributed by atoms with Crippen LogP contribution in [0.1, 0.15) is 19.4 Å². The van der Waals surface area contributed by atoms with Gasteiger partial charge in [0.25, 0.3) is 0 Å². The molecule has 2 N–H and O–H groups in total. The molecule has 2 heterocycles. The van der Waals surface area contributed by atoms with Gasteiger partial charge in [-0.3, -0.25) is 9.80 Å². The summed E-state index contributed by atoms with van der Waals surface area (Å²) >= 11 is 0. The van der Waals surface area contributed by atoms with Crippen molar-refractivity contribution in [2.45, 2.75) is 26.8 Å². The summed E-state index contributed by atoms with van der Waals surface area (Å²) in [6.07, 6.45) is 0.187. The van der Waals surface area contributed by atoms with E-state index in [9.17, 15) is 14.3 Å². The Labute approximate surface area is 228 Å². The largest absolute Gasteiger partial charge is 0.495 e. The molecule has 0 radical (unpaired) electrons. The van der Waals surface area contributed by atoms with E-state index in [1.165, 1.54) is 25.4 Å². The van der Waals surface area contributed by atoms with Crippen molar-refractivity contribution >= 4 is 29.2 Å². The number of aromatic nitrogens is 2. The topological polar surface area (TPSA) is 103 Å². The van der Waals surface area contributed by atoms with Crippen molar-refractivity contribution < 1.29 is 23.8 Å². The first-order valence-electron chi connectivity index (χ1n) is 12.9. The second-order valence-corrected chi connectivity index (χ2v) is 9.62. The van der Waals surface area contributed by atoms with Gasteiger partial charge in [-0.15, -0.1) is 0 Å². The molecule has 10 nitrogen and oxygen atoms in total. The van der Waals surface area contributed by atoms with E-state index in [1.54, 1.807) is 30.3 Å². The quantitative estimate of drug-likeness (QED) is 0.373. The molecule has 2 aromatic carbocycles. The number of anilines is 4. The van der Waals surface area contributed by atoms with Crippen LogP contribution in [-0.4, -0.2) is 83.4 Å². The van der Waals surface area contributed by atoms with Gasteiger partial charge < -0.3 is 19.9 Å². The number of carboxylic acid groups (broad SMARTS) is 1. The van der Waals surface area contributed by atoms with Crippen molar-refractivity contribution in [2.24, 2.45) is 0 Å². The van der Waals surface area contributed by atoms with Gasteiger partial charge in [0.15, 0.2) is 11.6 Å². The maximum absolute atomic E-state index is 14.8. The van der Waals surface area contributed by atoms with Crippen molar-refractivity contribution in [1.29, 1.82) is 0 Å². The van der Waals surface area contributed by atoms with Crippen molar-refractivity contribution in [1.82, 2.24) is 19.8 Å². The summed E-state index contributed by atoms with van der Waals surface area (Å²) in [6.45, 7) is 11.4. The van der Waals surface area contributed by atoms with E-state index < -0.39 is 11.9 Å². The van der Waals surface area contributed by atoms with Crippen LogP contribution < -0.4 is 19.7 Å². The molecule has 0 aliphatic carbocycles. The molecule has 1 amide bonds. The molecule has 0 unspecified atom stereocenters. The first-order chi connectivity index (χ1) is 18.7. The number of aryl methyl sites for hydroxylation is 1. The van der Waals surface area contributed by atoms with Crippen LogP contribution in [0.4, 0.5) is 32.3 Å². The third kappa shape index (κ3) is 7.12. The molecule has 0 spiro atoms. The number of halogens is 1. The monoisotopic (exact) mass is 538 g/mol. The highest BCUT2D eigenvalue weighted by molar-refractivity contribution is 5.95. The molecule has 1 aliphatic rings. The fourth-order valence-corrected chi connectivity index (χ4v) is 4.44. The number of benzene rings is 2. The summed E-state index contributed by atoms with van der Waals surface area (Å²) in [7, 11) is 1.47. The summed E-state index contributed by atoms with van der Waals surface area (Å²) in [4.78, 5) is 26.4. The van der Waals surface area contributed by atoms with Crippen molar-refractivity contribution in [3.8, 4) is 11.5 Å². The Balaban J connectivity index is 1.39. The first kappa shape index (κ1) is 28.1. The number of nitrogens with zero attached hydrogens (tertiary/aromatic N) is 5. The Hall–Kier alpha value is -3.96. The van der Waals surface area contributed by atoms with Crippen LogP contribution in [0.2, 0.25) is 0 Å². The molecular weight excluding hydrogens is 503 g/mol. The van der Waals surface area contributed by atoms with Gasteiger partial charge in [0, 0.05) is 62.8 Å². The number of amides is 1. The summed E-state index contributed by atoms with van der Waals surface area (Å²) in [5.74, 6) is 0.258. The molecule has 4 rings (SSSR count). The van der Waals surface area contributed by atoms with Crippen molar-refractivity contribution in [3.05, 3.63) is 60.0 Å². The molecule has 11 heteroatoms. The van der Waals surface area contributed by atoms with Crippen LogP contribution in [0.15, 0.2) is 48.7 Å². The Kier molecular flexibility index (Phi) is 9.15. The van der Waals surface area contributed by atoms with Gasteiger partial charge in [0.05, 0.1) is 12.8 Å². The van der Waals surface area contributed by atoms with Gasteiger partial charge in [-0.2, -0.15) is 4.98 Å². The Morgan fingerprint density at radius 2 is 1.90 bits per heavy atom. The number of carbonyl (C=O) groups is 1. The number of hydrogen-bond donors (Lipinski definition) is 2. The number of hydrogen-bond acceptors (Lipinski definition) is 8. The highest BCUT2D eigenvalue weighted by Gasteiger charge is 2.23. The van der Waals surface area contributed by atoms with Crippen molar-refractivity contribution in [3.63, 3.8) is 0 Å². The molecule has 1 aromatic heterocycles. The van der Waals surface area contributed by atoms with E-state index in [2.05, 4.69) is 38.9 Å². The molecule has 39 heavy (non-hydrogen) atoms. The molecule has 1 saturated heterocycles. The molecule has 3 aromatic rings. The summed E-state index contributed by atoms with van der Waals surface area (Å²) in [5.41, 5.74) is 1.64. The third-order valence-electron chi connectivity index (χ3n) is 6.63. The SMILES string of the molecule is COc1cc(C)ccc1N(C(=O)O)c1ccnc(Nc2ccc(OCCN3CCN(C(C)C)CC3)c(F)c2)n1. The predicted octanol–water partition coefficient (Wildman–Crippen LogP) is 4.90. The number of piperazine rings is 1. The van der Waals surface area contributed by atoms with E-state index in [1.807, 2.05) is 6.92 Å². The standard InChI is InChI=1S/C28H35FN6O4/c1-19(2)34-13-11-33(12-14-34)15-16-39-24-8-6-21(18-22(24)29)31-27-30-10-9-26(32-27)35(28(36)37)23-7-5-20(3)17-25(23)38-4/h5-10,17-19H,11-16H2,1-4H3,(H,36,37)(H,30,31,32). The zero-order valence-electron chi connectivity index (χ0n) is 22.7. The molecule has 0 bridgehead atoms. The van der Waals surface area contributed by atoms with Gasteiger partial charge in [-0.05, 0) is 50.6 Å². The smallest absolute Gasteiger partial charge is 0.417 e. The number of methoxy groups -OCH3 is 1. The molecule has 0 atom stereocenters. The number of rotatable bonds is 10. The third-order valence-corrected chi connectivity index (χ3v) is 6.63. The van der Waals surface area contributed by atoms with E-state index >= 15 is 0 Å². The Morgan fingerprint density at radius 1 is 1.13 bits per heavy atom. The zero-order chi connectivity index (χ0) is 27.9. The fourth-order valence-electron chi connectivity index (χ4n) is 4.44. The maximum atomic E-state index is 14.8. The fraction of sp³-hybridized carbons (Fsp3) is 0.393. The Morgan fingerprint density at radius 3 is 2.56 bits per heavy atom. The second kappa shape index (κ2) is 12.7. The van der Waals surface area contributed by atoms with Crippen LogP contribution >= 0.6 is 0 Å². The molecule has 0 saturated carbocycles. The first-order valence-corrected chi connectivity index (χ1v) is 12.9. The van der Waals surface area contributed by atoms with E-state index in [0.29, 0.717) is 29.8 Å². The van der Waals surface area contributed by atoms with Crippen molar-refractivity contribution in [2.75, 3.05) is 56.7 Å². The molecular formula is C28H35FN6O4. The number of nitrogens with one attached hydrogen (secondary N) is 1. The lowest BCUT2D eigenvalue weighted by Gasteiger charge is -2.36. The zero-order valence-corrected chi connectivity index (χ0v) is 22.7. The minimum atomic E-state index is -1.24. The van der Waals surface area contributed by atoms with Gasteiger partial charge in [0.1, 0.15) is 18.2 Å². The van der Waals surface area contributed by atoms with Gasteiger partial charge in [-0.25, -0.2) is 19.1 Å². The van der Waals surface area contributed by atoms with Crippen LogP contribution in [-0.2, 0) is 0 Å². The highest BCUT2D eigenvalue weighted by Crippen LogP contribution is 2.34. The lowest BCUT2D eigenvalue weighted by Crippen LogP contribution is -2.49. The minimum Gasteiger partial charge on any atom is -0.495 e. The Bertz CT molecular complexity index is 1280. The maximum Gasteiger partial charge on any atom is 0.417 e. The van der Waals surface area contributed by atoms with Crippen LogP contribution in [0.3, 0.4) is 0 Å². The number of ether oxygens (including phenoxy) is 2. The average molecular weight is 539 g/mol. The molecule has 1 fully saturated rings. The molecule has 1 aliphatic heterocycles. The summed E-state index contributed by atoms with van der Waals surface area (Å²) in [5, 5.41) is 12.9. The van der Waals surface area contributed by atoms with Gasteiger partial charge in [0.2, 0.25) is 5.95 Å². The van der Waals surface area contributed by atoms with Crippen LogP contribution in [0, 0.1) is 12.7 Å².